The molecule has 2 rings (SSSR count). The highest BCUT2D eigenvalue weighted by atomic mass is 16.5. The van der Waals surface area contributed by atoms with E-state index in [0.717, 1.165) is 13.0 Å². The number of ether oxygens (including phenoxy) is 1. The van der Waals surface area contributed by atoms with Gasteiger partial charge in [0.05, 0.1) is 6.61 Å². The van der Waals surface area contributed by atoms with Crippen molar-refractivity contribution in [2.45, 2.75) is 33.1 Å². The number of aromatic nitrogens is 2. The summed E-state index contributed by atoms with van der Waals surface area (Å²) in [5, 5.41) is 3.37. The first-order valence-corrected chi connectivity index (χ1v) is 7.49. The van der Waals surface area contributed by atoms with Gasteiger partial charge >= 0.3 is 0 Å². The average molecular weight is 278 g/mol. The van der Waals surface area contributed by atoms with Gasteiger partial charge in [-0.05, 0) is 44.8 Å². The molecule has 0 aliphatic carbocycles. The number of nitrogens with zero attached hydrogens (tertiary/aromatic N) is 3. The zero-order chi connectivity index (χ0) is 14.4. The van der Waals surface area contributed by atoms with Gasteiger partial charge < -0.3 is 15.0 Å². The molecule has 112 valence electrons. The third kappa shape index (κ3) is 4.34. The highest BCUT2D eigenvalue weighted by molar-refractivity contribution is 5.27. The number of hydrogen-bond acceptors (Lipinski definition) is 5. The van der Waals surface area contributed by atoms with Gasteiger partial charge in [-0.1, -0.05) is 13.8 Å². The van der Waals surface area contributed by atoms with E-state index in [1.807, 2.05) is 0 Å². The summed E-state index contributed by atoms with van der Waals surface area (Å²) < 4.78 is 5.53. The SMILES string of the molecule is CCCOc1ccnc(NCC2(C)CCN(C)CC2)n1. The number of anilines is 1. The minimum absolute atomic E-state index is 0.330. The van der Waals surface area contributed by atoms with Crippen molar-refractivity contribution in [3.8, 4) is 5.88 Å². The molecule has 20 heavy (non-hydrogen) atoms. The van der Waals surface area contributed by atoms with Crippen molar-refractivity contribution in [1.82, 2.24) is 14.9 Å². The van der Waals surface area contributed by atoms with Crippen LogP contribution in [-0.4, -0.2) is 48.2 Å². The lowest BCUT2D eigenvalue weighted by Gasteiger charge is -2.37. The zero-order valence-electron chi connectivity index (χ0n) is 12.9. The lowest BCUT2D eigenvalue weighted by Crippen LogP contribution is -2.40. The summed E-state index contributed by atoms with van der Waals surface area (Å²) in [6, 6.07) is 1.80. The molecule has 0 radical (unpaired) electrons. The maximum Gasteiger partial charge on any atom is 0.225 e. The van der Waals surface area contributed by atoms with E-state index in [2.05, 4.69) is 41.1 Å². The average Bonchev–Trinajstić information content (AvgIpc) is 2.47. The molecule has 1 aliphatic heterocycles. The van der Waals surface area contributed by atoms with Crippen LogP contribution in [0.3, 0.4) is 0 Å². The highest BCUT2D eigenvalue weighted by Crippen LogP contribution is 2.30. The Bertz CT molecular complexity index is 416. The standard InChI is InChI=1S/C15H26N4O/c1-4-11-20-13-5-8-16-14(18-13)17-12-15(2)6-9-19(3)10-7-15/h5,8H,4,6-7,9-12H2,1-3H3,(H,16,17,18). The summed E-state index contributed by atoms with van der Waals surface area (Å²) in [6.45, 7) is 8.36. The van der Waals surface area contributed by atoms with E-state index in [9.17, 15) is 0 Å². The molecule has 1 aliphatic rings. The van der Waals surface area contributed by atoms with E-state index in [4.69, 9.17) is 4.74 Å². The Morgan fingerprint density at radius 1 is 1.40 bits per heavy atom. The monoisotopic (exact) mass is 278 g/mol. The maximum absolute atomic E-state index is 5.53. The predicted molar refractivity (Wildman–Crippen MR) is 81.1 cm³/mol. The van der Waals surface area contributed by atoms with Gasteiger partial charge in [0.25, 0.3) is 0 Å². The first-order chi connectivity index (χ1) is 9.61. The van der Waals surface area contributed by atoms with Crippen molar-refractivity contribution in [2.75, 3.05) is 38.6 Å². The second-order valence-corrected chi connectivity index (χ2v) is 6.03. The van der Waals surface area contributed by atoms with Crippen molar-refractivity contribution >= 4 is 5.95 Å². The molecule has 1 saturated heterocycles. The molecule has 1 aromatic heterocycles. The number of hydrogen-bond donors (Lipinski definition) is 1. The second-order valence-electron chi connectivity index (χ2n) is 6.03. The van der Waals surface area contributed by atoms with Crippen molar-refractivity contribution < 1.29 is 4.74 Å². The van der Waals surface area contributed by atoms with E-state index in [0.29, 0.717) is 23.9 Å². The van der Waals surface area contributed by atoms with Gasteiger partial charge in [-0.2, -0.15) is 4.98 Å². The quantitative estimate of drug-likeness (QED) is 0.866. The molecule has 5 nitrogen and oxygen atoms in total. The van der Waals surface area contributed by atoms with Crippen LogP contribution in [0.5, 0.6) is 5.88 Å². The fourth-order valence-electron chi connectivity index (χ4n) is 2.34. The lowest BCUT2D eigenvalue weighted by atomic mass is 9.80. The van der Waals surface area contributed by atoms with Crippen molar-refractivity contribution in [3.63, 3.8) is 0 Å². The van der Waals surface area contributed by atoms with Crippen molar-refractivity contribution in [1.29, 1.82) is 0 Å². The summed E-state index contributed by atoms with van der Waals surface area (Å²) in [4.78, 5) is 11.0. The maximum atomic E-state index is 5.53. The summed E-state index contributed by atoms with van der Waals surface area (Å²) in [5.41, 5.74) is 0.330. The molecule has 0 amide bonds. The Balaban J connectivity index is 1.87. The highest BCUT2D eigenvalue weighted by Gasteiger charge is 2.28. The smallest absolute Gasteiger partial charge is 0.225 e. The van der Waals surface area contributed by atoms with Crippen LogP contribution in [0, 0.1) is 5.41 Å². The molecule has 5 heteroatoms. The molecule has 0 atom stereocenters. The Hall–Kier alpha value is -1.36. The number of nitrogens with one attached hydrogen (secondary N) is 1. The fraction of sp³-hybridized carbons (Fsp3) is 0.733. The van der Waals surface area contributed by atoms with E-state index >= 15 is 0 Å². The molecule has 1 aromatic rings. The van der Waals surface area contributed by atoms with E-state index < -0.39 is 0 Å². The molecule has 0 saturated carbocycles. The van der Waals surface area contributed by atoms with Crippen LogP contribution in [-0.2, 0) is 0 Å². The summed E-state index contributed by atoms with van der Waals surface area (Å²) >= 11 is 0. The lowest BCUT2D eigenvalue weighted by molar-refractivity contribution is 0.150. The van der Waals surface area contributed by atoms with Gasteiger partial charge in [0.2, 0.25) is 11.8 Å². The van der Waals surface area contributed by atoms with Crippen molar-refractivity contribution in [3.05, 3.63) is 12.3 Å². The van der Waals surface area contributed by atoms with Crippen LogP contribution in [0.1, 0.15) is 33.1 Å². The Labute approximate surface area is 121 Å². The van der Waals surface area contributed by atoms with E-state index in [-0.39, 0.29) is 0 Å². The summed E-state index contributed by atoms with van der Waals surface area (Å²) in [6.07, 6.45) is 5.15. The summed E-state index contributed by atoms with van der Waals surface area (Å²) in [7, 11) is 2.19. The minimum Gasteiger partial charge on any atom is -0.478 e. The van der Waals surface area contributed by atoms with Gasteiger partial charge in [0.1, 0.15) is 0 Å². The van der Waals surface area contributed by atoms with Crippen LogP contribution in [0.25, 0.3) is 0 Å². The predicted octanol–water partition coefficient (Wildman–Crippen LogP) is 2.41. The first-order valence-electron chi connectivity index (χ1n) is 7.49. The molecule has 0 unspecified atom stereocenters. The number of rotatable bonds is 6. The van der Waals surface area contributed by atoms with E-state index in [1.54, 1.807) is 12.3 Å². The van der Waals surface area contributed by atoms with Crippen LogP contribution < -0.4 is 10.1 Å². The molecular weight excluding hydrogens is 252 g/mol. The largest absolute Gasteiger partial charge is 0.478 e. The second kappa shape index (κ2) is 6.88. The molecule has 2 heterocycles. The van der Waals surface area contributed by atoms with Crippen LogP contribution >= 0.6 is 0 Å². The third-order valence-electron chi connectivity index (χ3n) is 3.95. The third-order valence-corrected chi connectivity index (χ3v) is 3.95. The van der Waals surface area contributed by atoms with Crippen LogP contribution in [0.15, 0.2) is 12.3 Å². The van der Waals surface area contributed by atoms with Gasteiger partial charge in [0.15, 0.2) is 0 Å². The van der Waals surface area contributed by atoms with Gasteiger partial charge in [-0.25, -0.2) is 4.98 Å². The van der Waals surface area contributed by atoms with Gasteiger partial charge in [-0.15, -0.1) is 0 Å². The molecular formula is C15H26N4O. The van der Waals surface area contributed by atoms with Crippen molar-refractivity contribution in [2.24, 2.45) is 5.41 Å². The Kier molecular flexibility index (Phi) is 5.17. The molecule has 0 spiro atoms. The number of likely N-dealkylation sites (tertiary alicyclic amines) is 1. The van der Waals surface area contributed by atoms with Crippen LogP contribution in [0.2, 0.25) is 0 Å². The normalized spacial score (nSPS) is 18.8. The molecule has 0 bridgehead atoms. The van der Waals surface area contributed by atoms with Gasteiger partial charge in [0, 0.05) is 18.8 Å². The Morgan fingerprint density at radius 2 is 2.15 bits per heavy atom. The topological polar surface area (TPSA) is 50.3 Å². The molecule has 0 aromatic carbocycles. The zero-order valence-corrected chi connectivity index (χ0v) is 12.9. The minimum atomic E-state index is 0.330. The molecule has 1 N–H and O–H groups in total. The summed E-state index contributed by atoms with van der Waals surface area (Å²) in [5.74, 6) is 1.32. The molecule has 1 fully saturated rings. The number of piperidine rings is 1. The van der Waals surface area contributed by atoms with Crippen LogP contribution in [0.4, 0.5) is 5.95 Å². The fourth-order valence-corrected chi connectivity index (χ4v) is 2.34. The first kappa shape index (κ1) is 15.0. The Morgan fingerprint density at radius 3 is 2.85 bits per heavy atom. The van der Waals surface area contributed by atoms with Gasteiger partial charge in [-0.3, -0.25) is 0 Å². The van der Waals surface area contributed by atoms with E-state index in [1.165, 1.54) is 25.9 Å².